The van der Waals surface area contributed by atoms with Gasteiger partial charge in [0.25, 0.3) is 0 Å². The molecule has 0 spiro atoms. The van der Waals surface area contributed by atoms with Gasteiger partial charge in [-0.05, 0) is 0 Å². The Morgan fingerprint density at radius 3 is 1.86 bits per heavy atom. The third kappa shape index (κ3) is 5.01. The maximum atomic E-state index is 9.98. The summed E-state index contributed by atoms with van der Waals surface area (Å²) in [6, 6.07) is 0. The molecule has 0 aliphatic heterocycles. The third-order valence-electron chi connectivity index (χ3n) is 1.50. The van der Waals surface area contributed by atoms with Gasteiger partial charge >= 0.3 is 45.5 Å². The van der Waals surface area contributed by atoms with Gasteiger partial charge in [0.1, 0.15) is 24.4 Å². The van der Waals surface area contributed by atoms with Crippen LogP contribution in [0.2, 0.25) is 0 Å². The van der Waals surface area contributed by atoms with Crippen molar-refractivity contribution in [3.8, 4) is 0 Å². The number of carboxylic acids is 1. The first kappa shape index (κ1) is 17.2. The largest absolute Gasteiger partial charge is 2.00 e. The van der Waals surface area contributed by atoms with Gasteiger partial charge in [0.2, 0.25) is 0 Å². The van der Waals surface area contributed by atoms with Crippen LogP contribution in [0.3, 0.4) is 0 Å². The zero-order valence-corrected chi connectivity index (χ0v) is 10.8. The van der Waals surface area contributed by atoms with Crippen LogP contribution in [0.4, 0.5) is 0 Å². The molecule has 4 atom stereocenters. The van der Waals surface area contributed by atoms with Gasteiger partial charge in [0, 0.05) is 0 Å². The smallest absolute Gasteiger partial charge is 0.547 e. The van der Waals surface area contributed by atoms with Crippen molar-refractivity contribution >= 4 is 51.5 Å². The van der Waals surface area contributed by atoms with Crippen LogP contribution in [0.15, 0.2) is 0 Å². The molecule has 0 heterocycles. The molecule has 0 aromatic carbocycles. The summed E-state index contributed by atoms with van der Waals surface area (Å²) in [6.45, 7) is -0.863. The van der Waals surface area contributed by atoms with Gasteiger partial charge in [-0.25, -0.2) is 0 Å². The predicted molar refractivity (Wildman–Crippen MR) is 41.9 cm³/mol. The second-order valence-electron chi connectivity index (χ2n) is 2.49. The van der Waals surface area contributed by atoms with Crippen molar-refractivity contribution in [3.05, 3.63) is 0 Å². The van der Waals surface area contributed by atoms with Gasteiger partial charge in [0.05, 0.1) is 12.6 Å². The van der Waals surface area contributed by atoms with E-state index in [4.69, 9.17) is 25.5 Å². The molecule has 0 rings (SSSR count). The van der Waals surface area contributed by atoms with E-state index < -0.39 is 37.0 Å². The normalized spacial score (nSPS) is 18.9. The van der Waals surface area contributed by atoms with Gasteiger partial charge in [0.15, 0.2) is 0 Å². The molecule has 0 aliphatic rings. The Morgan fingerprint density at radius 1 is 1.14 bits per heavy atom. The number of aliphatic hydroxyl groups excluding tert-OH is 5. The molecule has 0 bridgehead atoms. The number of rotatable bonds is 5. The van der Waals surface area contributed by atoms with Crippen LogP contribution >= 0.6 is 0 Å². The fourth-order valence-electron chi connectivity index (χ4n) is 0.662. The minimum Gasteiger partial charge on any atom is -0.547 e. The van der Waals surface area contributed by atoms with Crippen molar-refractivity contribution in [2.24, 2.45) is 0 Å². The predicted octanol–water partition coefficient (Wildman–Crippen LogP) is -5.21. The average Bonchev–Trinajstić information content (AvgIpc) is 2.12. The molecule has 0 aromatic heterocycles. The van der Waals surface area contributed by atoms with Crippen LogP contribution in [0.25, 0.3) is 0 Å². The Hall–Kier alpha value is 0.751. The molecule has 0 saturated heterocycles. The molecule has 0 saturated carbocycles. The second-order valence-corrected chi connectivity index (χ2v) is 2.49. The monoisotopic (exact) mass is 283 g/mol. The van der Waals surface area contributed by atoms with E-state index in [1.807, 2.05) is 0 Å². The van der Waals surface area contributed by atoms with Crippen LogP contribution < -0.4 is 5.11 Å². The summed E-state index contributed by atoms with van der Waals surface area (Å²) in [5, 5.41) is 53.4. The van der Waals surface area contributed by atoms with Crippen molar-refractivity contribution in [1.29, 1.82) is 0 Å². The first-order chi connectivity index (χ1) is 5.91. The number of carbonyl (C=O) groups excluding carboxylic acids is 1. The quantitative estimate of drug-likeness (QED) is 0.317. The summed E-state index contributed by atoms with van der Waals surface area (Å²) in [6.07, 6.45) is -8.08. The van der Waals surface area contributed by atoms with Crippen molar-refractivity contribution in [2.75, 3.05) is 6.61 Å². The number of hydrogen-bond acceptors (Lipinski definition) is 7. The minimum atomic E-state index is -2.31. The standard InChI is InChI=1S/C6H12O7.Sr/c7-1-2(8)3(9)4(10)5(11)6(12)13;/h2-5,7-11H,1H2,(H,12,13);/q;+2/p-1. The van der Waals surface area contributed by atoms with Crippen LogP contribution in [0.5, 0.6) is 0 Å². The fourth-order valence-corrected chi connectivity index (χ4v) is 0.662. The van der Waals surface area contributed by atoms with E-state index in [2.05, 4.69) is 0 Å². The Labute approximate surface area is 117 Å². The molecule has 8 heteroatoms. The summed E-state index contributed by atoms with van der Waals surface area (Å²) < 4.78 is 0. The molecular formula is C6H11O7Sr+. The summed E-state index contributed by atoms with van der Waals surface area (Å²) in [5.74, 6) is -1.98. The second kappa shape index (κ2) is 7.97. The molecular weight excluding hydrogens is 272 g/mol. The number of aliphatic hydroxyl groups is 5. The Balaban J connectivity index is 0. The molecule has 0 amide bonds. The number of carbonyl (C=O) groups is 1. The van der Waals surface area contributed by atoms with Crippen molar-refractivity contribution in [3.63, 3.8) is 0 Å². The average molecular weight is 283 g/mol. The maximum absolute atomic E-state index is 9.98. The van der Waals surface area contributed by atoms with Crippen LogP contribution in [-0.4, -0.2) is 108 Å². The van der Waals surface area contributed by atoms with E-state index in [1.165, 1.54) is 0 Å². The minimum absolute atomic E-state index is 0. The SMILES string of the molecule is O=C([O-])C(O)C(O)C(O)C(O)CO.[Sr+2]. The molecule has 0 aromatic rings. The van der Waals surface area contributed by atoms with Crippen molar-refractivity contribution < 1.29 is 35.4 Å². The van der Waals surface area contributed by atoms with Gasteiger partial charge < -0.3 is 35.4 Å². The van der Waals surface area contributed by atoms with E-state index >= 15 is 0 Å². The van der Waals surface area contributed by atoms with E-state index in [9.17, 15) is 9.90 Å². The van der Waals surface area contributed by atoms with Gasteiger partial charge in [-0.3, -0.25) is 0 Å². The molecule has 7 nitrogen and oxygen atoms in total. The Bertz CT molecular complexity index is 176. The first-order valence-corrected chi connectivity index (χ1v) is 3.45. The topological polar surface area (TPSA) is 141 Å². The van der Waals surface area contributed by atoms with Gasteiger partial charge in [-0.1, -0.05) is 0 Å². The molecule has 4 unspecified atom stereocenters. The summed E-state index contributed by atoms with van der Waals surface area (Å²) >= 11 is 0. The zero-order valence-electron chi connectivity index (χ0n) is 7.28. The number of hydrogen-bond donors (Lipinski definition) is 5. The van der Waals surface area contributed by atoms with Gasteiger partial charge in [-0.2, -0.15) is 0 Å². The third-order valence-corrected chi connectivity index (χ3v) is 1.50. The van der Waals surface area contributed by atoms with E-state index in [0.29, 0.717) is 0 Å². The summed E-state index contributed by atoms with van der Waals surface area (Å²) in [7, 11) is 0. The van der Waals surface area contributed by atoms with E-state index in [1.54, 1.807) is 0 Å². The zero-order chi connectivity index (χ0) is 10.6. The molecule has 0 aliphatic carbocycles. The summed E-state index contributed by atoms with van der Waals surface area (Å²) in [5.41, 5.74) is 0. The van der Waals surface area contributed by atoms with Crippen LogP contribution in [0.1, 0.15) is 0 Å². The number of carboxylic acid groups (broad SMARTS) is 1. The fraction of sp³-hybridized carbons (Fsp3) is 0.833. The van der Waals surface area contributed by atoms with Crippen LogP contribution in [-0.2, 0) is 4.79 Å². The summed E-state index contributed by atoms with van der Waals surface area (Å²) in [4.78, 5) is 9.98. The van der Waals surface area contributed by atoms with E-state index in [0.717, 1.165) is 0 Å². The van der Waals surface area contributed by atoms with Crippen molar-refractivity contribution in [2.45, 2.75) is 24.4 Å². The molecule has 0 fully saturated rings. The first-order valence-electron chi connectivity index (χ1n) is 3.45. The van der Waals surface area contributed by atoms with E-state index in [-0.39, 0.29) is 45.5 Å². The molecule has 78 valence electrons. The van der Waals surface area contributed by atoms with Crippen molar-refractivity contribution in [1.82, 2.24) is 0 Å². The molecule has 14 heavy (non-hydrogen) atoms. The Morgan fingerprint density at radius 2 is 1.57 bits per heavy atom. The van der Waals surface area contributed by atoms with Crippen LogP contribution in [0, 0.1) is 0 Å². The maximum Gasteiger partial charge on any atom is 2.00 e. The van der Waals surface area contributed by atoms with Gasteiger partial charge in [-0.15, -0.1) is 0 Å². The molecule has 0 radical (unpaired) electrons. The number of aliphatic carboxylic acids is 1. The Kier molecular flexibility index (Phi) is 9.76. The molecule has 5 N–H and O–H groups in total.